The zero-order valence-corrected chi connectivity index (χ0v) is 22.6. The van der Waals surface area contributed by atoms with E-state index >= 15 is 17.6 Å². The lowest BCUT2D eigenvalue weighted by atomic mass is 9.77. The van der Waals surface area contributed by atoms with Crippen molar-refractivity contribution in [1.82, 2.24) is 0 Å². The number of benzene rings is 3. The van der Waals surface area contributed by atoms with Crippen LogP contribution in [-0.4, -0.2) is 6.36 Å². The normalized spacial score (nSPS) is 17.8. The molecular formula is C31H29F9O2. The fourth-order valence-corrected chi connectivity index (χ4v) is 5.49. The fourth-order valence-electron chi connectivity index (χ4n) is 5.49. The number of ether oxygens (including phenoxy) is 2. The molecule has 1 aliphatic carbocycles. The summed E-state index contributed by atoms with van der Waals surface area (Å²) in [6.07, 6.45) is -2.30. The first-order valence-electron chi connectivity index (χ1n) is 13.7. The van der Waals surface area contributed by atoms with E-state index in [1.54, 1.807) is 0 Å². The molecule has 0 amide bonds. The SMILES string of the molecule is CCCCC[C@H]1CC[C@H](c2cc(F)c(C(F)(F)Oc3ccccc3-c3cc(F)c(OC(F)(F)F)c(F)c3)c(F)c2)CC1. The van der Waals surface area contributed by atoms with Crippen molar-refractivity contribution in [3.8, 4) is 22.6 Å². The minimum atomic E-state index is -5.39. The fraction of sp³-hybridized carbons (Fsp3) is 0.419. The number of alkyl halides is 5. The molecule has 42 heavy (non-hydrogen) atoms. The number of halogens is 9. The predicted octanol–water partition coefficient (Wildman–Crippen LogP) is 10.8. The molecule has 0 heterocycles. The molecule has 0 bridgehead atoms. The van der Waals surface area contributed by atoms with Gasteiger partial charge in [0.15, 0.2) is 11.6 Å². The van der Waals surface area contributed by atoms with E-state index in [0.717, 1.165) is 62.8 Å². The first kappa shape index (κ1) is 31.6. The highest BCUT2D eigenvalue weighted by atomic mass is 19.4. The third kappa shape index (κ3) is 7.52. The van der Waals surface area contributed by atoms with Gasteiger partial charge in [-0.1, -0.05) is 50.8 Å². The molecule has 0 radical (unpaired) electrons. The first-order valence-corrected chi connectivity index (χ1v) is 13.7. The van der Waals surface area contributed by atoms with Crippen LogP contribution in [0.3, 0.4) is 0 Å². The van der Waals surface area contributed by atoms with Crippen molar-refractivity contribution in [3.63, 3.8) is 0 Å². The van der Waals surface area contributed by atoms with Gasteiger partial charge in [0.1, 0.15) is 22.9 Å². The Bertz CT molecular complexity index is 1330. The van der Waals surface area contributed by atoms with Gasteiger partial charge in [0.25, 0.3) is 0 Å². The molecule has 0 saturated heterocycles. The second kappa shape index (κ2) is 12.9. The van der Waals surface area contributed by atoms with Crippen LogP contribution in [-0.2, 0) is 6.11 Å². The summed E-state index contributed by atoms with van der Waals surface area (Å²) >= 11 is 0. The largest absolute Gasteiger partial charge is 0.573 e. The van der Waals surface area contributed by atoms with Crippen LogP contribution >= 0.6 is 0 Å². The van der Waals surface area contributed by atoms with Gasteiger partial charge in [-0.05, 0) is 79.0 Å². The monoisotopic (exact) mass is 604 g/mol. The minimum Gasteiger partial charge on any atom is -0.428 e. The van der Waals surface area contributed by atoms with Crippen molar-refractivity contribution < 1.29 is 49.0 Å². The van der Waals surface area contributed by atoms with Crippen LogP contribution in [0.25, 0.3) is 11.1 Å². The zero-order chi connectivity index (χ0) is 30.7. The number of unbranched alkanes of at least 4 members (excludes halogenated alkanes) is 2. The predicted molar refractivity (Wildman–Crippen MR) is 138 cm³/mol. The number of rotatable bonds is 10. The summed E-state index contributed by atoms with van der Waals surface area (Å²) < 4.78 is 135. The molecule has 0 aromatic heterocycles. The topological polar surface area (TPSA) is 18.5 Å². The van der Waals surface area contributed by atoms with Gasteiger partial charge in [0, 0.05) is 5.56 Å². The maximum absolute atomic E-state index is 15.2. The molecule has 3 aromatic rings. The molecule has 2 nitrogen and oxygen atoms in total. The molecule has 11 heteroatoms. The maximum Gasteiger partial charge on any atom is 0.573 e. The highest BCUT2D eigenvalue weighted by Gasteiger charge is 2.42. The van der Waals surface area contributed by atoms with Crippen molar-refractivity contribution >= 4 is 0 Å². The molecule has 0 atom stereocenters. The molecule has 1 fully saturated rings. The second-order valence-electron chi connectivity index (χ2n) is 10.5. The van der Waals surface area contributed by atoms with Gasteiger partial charge in [0.05, 0.1) is 0 Å². The van der Waals surface area contributed by atoms with Crippen LogP contribution in [0, 0.1) is 29.2 Å². The Balaban J connectivity index is 1.56. The van der Waals surface area contributed by atoms with Crippen molar-refractivity contribution in [1.29, 1.82) is 0 Å². The van der Waals surface area contributed by atoms with E-state index in [1.807, 2.05) is 0 Å². The Morgan fingerprint density at radius 1 is 0.738 bits per heavy atom. The summed E-state index contributed by atoms with van der Waals surface area (Å²) in [6.45, 7) is 2.12. The Labute approximate surface area is 237 Å². The molecule has 0 N–H and O–H groups in total. The third-order valence-corrected chi connectivity index (χ3v) is 7.54. The van der Waals surface area contributed by atoms with Crippen LogP contribution < -0.4 is 9.47 Å². The minimum absolute atomic E-state index is 0.171. The van der Waals surface area contributed by atoms with Gasteiger partial charge in [0.2, 0.25) is 5.75 Å². The standard InChI is InChI=1S/C31H29F9O2/c1-2-3-4-7-18-10-12-19(13-11-18)20-14-23(32)28(24(33)15-20)30(36,37)41-27-9-6-5-8-22(27)21-16-25(34)29(26(35)17-21)42-31(38,39)40/h5-6,8-9,14-19H,2-4,7,10-13H2,1H3/t18-,19-. The van der Waals surface area contributed by atoms with Crippen LogP contribution in [0.4, 0.5) is 39.5 Å². The average molecular weight is 605 g/mol. The van der Waals surface area contributed by atoms with Gasteiger partial charge in [-0.3, -0.25) is 0 Å². The smallest absolute Gasteiger partial charge is 0.428 e. The molecule has 228 valence electrons. The number of para-hydroxylation sites is 1. The van der Waals surface area contributed by atoms with E-state index < -0.39 is 58.4 Å². The number of hydrogen-bond donors (Lipinski definition) is 0. The zero-order valence-electron chi connectivity index (χ0n) is 22.6. The molecule has 0 spiro atoms. The lowest BCUT2D eigenvalue weighted by molar-refractivity contribution is -0.276. The summed E-state index contributed by atoms with van der Waals surface area (Å²) in [6, 6.07) is 7.18. The van der Waals surface area contributed by atoms with Crippen LogP contribution in [0.1, 0.15) is 75.3 Å². The molecule has 4 rings (SSSR count). The maximum atomic E-state index is 15.2. The highest BCUT2D eigenvalue weighted by Crippen LogP contribution is 2.43. The lowest BCUT2D eigenvalue weighted by Gasteiger charge is -2.29. The molecule has 0 unspecified atom stereocenters. The van der Waals surface area contributed by atoms with Gasteiger partial charge < -0.3 is 9.47 Å². The summed E-state index contributed by atoms with van der Waals surface area (Å²) in [5.74, 6) is -8.63. The first-order chi connectivity index (χ1) is 19.8. The van der Waals surface area contributed by atoms with E-state index in [9.17, 15) is 22.0 Å². The van der Waals surface area contributed by atoms with E-state index in [2.05, 4.69) is 11.7 Å². The Hall–Kier alpha value is -3.37. The van der Waals surface area contributed by atoms with E-state index in [0.29, 0.717) is 30.9 Å². The summed E-state index contributed by atoms with van der Waals surface area (Å²) in [7, 11) is 0. The highest BCUT2D eigenvalue weighted by molar-refractivity contribution is 5.71. The van der Waals surface area contributed by atoms with Gasteiger partial charge in [-0.15, -0.1) is 13.2 Å². The van der Waals surface area contributed by atoms with Crippen molar-refractivity contribution in [2.24, 2.45) is 5.92 Å². The molecule has 0 aliphatic heterocycles. The van der Waals surface area contributed by atoms with Crippen molar-refractivity contribution in [3.05, 3.63) is 82.9 Å². The lowest BCUT2D eigenvalue weighted by Crippen LogP contribution is -2.26. The summed E-state index contributed by atoms with van der Waals surface area (Å²) in [4.78, 5) is 0. The van der Waals surface area contributed by atoms with E-state index in [1.165, 1.54) is 12.1 Å². The third-order valence-electron chi connectivity index (χ3n) is 7.54. The van der Waals surface area contributed by atoms with Crippen molar-refractivity contribution in [2.75, 3.05) is 0 Å². The summed E-state index contributed by atoms with van der Waals surface area (Å²) in [5, 5.41) is 0. The average Bonchev–Trinajstić information content (AvgIpc) is 2.90. The van der Waals surface area contributed by atoms with Gasteiger partial charge in [-0.25, -0.2) is 17.6 Å². The Morgan fingerprint density at radius 3 is 1.90 bits per heavy atom. The van der Waals surface area contributed by atoms with Crippen LogP contribution in [0.5, 0.6) is 11.5 Å². The molecule has 3 aromatic carbocycles. The molecular weight excluding hydrogens is 575 g/mol. The quantitative estimate of drug-likeness (QED) is 0.169. The van der Waals surface area contributed by atoms with Crippen LogP contribution in [0.2, 0.25) is 0 Å². The molecule has 1 saturated carbocycles. The van der Waals surface area contributed by atoms with Gasteiger partial charge in [-0.2, -0.15) is 8.78 Å². The summed E-state index contributed by atoms with van der Waals surface area (Å²) in [5.41, 5.74) is -2.21. The Morgan fingerprint density at radius 2 is 1.33 bits per heavy atom. The van der Waals surface area contributed by atoms with Gasteiger partial charge >= 0.3 is 12.5 Å². The second-order valence-corrected chi connectivity index (χ2v) is 10.5. The number of hydrogen-bond acceptors (Lipinski definition) is 2. The van der Waals surface area contributed by atoms with E-state index in [4.69, 9.17) is 4.74 Å². The molecule has 1 aliphatic rings. The van der Waals surface area contributed by atoms with Crippen LogP contribution in [0.15, 0.2) is 48.5 Å². The van der Waals surface area contributed by atoms with E-state index in [-0.39, 0.29) is 17.0 Å². The van der Waals surface area contributed by atoms with Crippen molar-refractivity contribution in [2.45, 2.75) is 76.7 Å². The Kier molecular flexibility index (Phi) is 9.67.